The standard InChI is InChI=1S/C10H17NO2/c1-10-5-3-2-4-7(10)6-8(11-10)9(12)13/h7-8,11H,2-6H2,1H3,(H,12,13)/t7?,8?,10-/m0/s1. The van der Waals surface area contributed by atoms with E-state index in [1.165, 1.54) is 19.3 Å². The maximum absolute atomic E-state index is 10.8. The van der Waals surface area contributed by atoms with Crippen LogP contribution in [0.4, 0.5) is 0 Å². The van der Waals surface area contributed by atoms with Crippen LogP contribution in [0.1, 0.15) is 39.0 Å². The molecule has 1 aliphatic carbocycles. The number of carbonyl (C=O) groups is 1. The first-order chi connectivity index (χ1) is 6.12. The number of aliphatic carboxylic acids is 1. The van der Waals surface area contributed by atoms with E-state index >= 15 is 0 Å². The summed E-state index contributed by atoms with van der Waals surface area (Å²) in [5.74, 6) is -0.0991. The van der Waals surface area contributed by atoms with Gasteiger partial charge in [-0.15, -0.1) is 0 Å². The Labute approximate surface area is 78.5 Å². The molecule has 1 aliphatic heterocycles. The highest BCUT2D eigenvalue weighted by Gasteiger charge is 2.46. The summed E-state index contributed by atoms with van der Waals surface area (Å²) in [5.41, 5.74) is 0.112. The van der Waals surface area contributed by atoms with Crippen molar-refractivity contribution in [3.05, 3.63) is 0 Å². The summed E-state index contributed by atoms with van der Waals surface area (Å²) < 4.78 is 0. The fourth-order valence-electron chi connectivity index (χ4n) is 2.88. The molecule has 1 heterocycles. The molecule has 3 nitrogen and oxygen atoms in total. The van der Waals surface area contributed by atoms with Crippen molar-refractivity contribution in [2.45, 2.75) is 50.6 Å². The predicted octanol–water partition coefficient (Wildman–Crippen LogP) is 1.38. The summed E-state index contributed by atoms with van der Waals surface area (Å²) in [6.07, 6.45) is 5.68. The van der Waals surface area contributed by atoms with Crippen molar-refractivity contribution < 1.29 is 9.90 Å². The van der Waals surface area contributed by atoms with E-state index in [2.05, 4.69) is 12.2 Å². The maximum atomic E-state index is 10.8. The first-order valence-corrected chi connectivity index (χ1v) is 5.12. The zero-order valence-electron chi connectivity index (χ0n) is 8.05. The summed E-state index contributed by atoms with van der Waals surface area (Å²) in [7, 11) is 0. The second-order valence-corrected chi connectivity index (χ2v) is 4.63. The molecular weight excluding hydrogens is 166 g/mol. The van der Waals surface area contributed by atoms with E-state index in [1.54, 1.807) is 0 Å². The molecule has 1 saturated carbocycles. The van der Waals surface area contributed by atoms with Gasteiger partial charge in [0.25, 0.3) is 0 Å². The van der Waals surface area contributed by atoms with Crippen LogP contribution in [0.15, 0.2) is 0 Å². The monoisotopic (exact) mass is 183 g/mol. The second-order valence-electron chi connectivity index (χ2n) is 4.63. The van der Waals surface area contributed by atoms with E-state index in [4.69, 9.17) is 5.11 Å². The summed E-state index contributed by atoms with van der Waals surface area (Å²) in [4.78, 5) is 10.8. The minimum atomic E-state index is -0.685. The lowest BCUT2D eigenvalue weighted by molar-refractivity contribution is -0.139. The van der Waals surface area contributed by atoms with Gasteiger partial charge in [-0.1, -0.05) is 12.8 Å². The Morgan fingerprint density at radius 3 is 2.92 bits per heavy atom. The van der Waals surface area contributed by atoms with Crippen molar-refractivity contribution in [2.75, 3.05) is 0 Å². The molecule has 3 atom stereocenters. The summed E-state index contributed by atoms with van der Waals surface area (Å²) in [6, 6.07) is -0.298. The Balaban J connectivity index is 2.10. The number of nitrogens with one attached hydrogen (secondary N) is 1. The highest BCUT2D eigenvalue weighted by molar-refractivity contribution is 5.74. The molecule has 74 valence electrons. The van der Waals surface area contributed by atoms with E-state index in [-0.39, 0.29) is 11.6 Å². The van der Waals surface area contributed by atoms with Crippen LogP contribution in [-0.2, 0) is 4.79 Å². The molecule has 2 unspecified atom stereocenters. The Bertz CT molecular complexity index is 229. The molecule has 2 aliphatic rings. The van der Waals surface area contributed by atoms with Gasteiger partial charge < -0.3 is 5.11 Å². The predicted molar refractivity (Wildman–Crippen MR) is 49.5 cm³/mol. The number of fused-ring (bicyclic) bond motifs is 1. The van der Waals surface area contributed by atoms with Crippen molar-refractivity contribution in [1.82, 2.24) is 5.32 Å². The average Bonchev–Trinajstić information content (AvgIpc) is 2.41. The molecule has 0 aromatic rings. The third-order valence-corrected chi connectivity index (χ3v) is 3.72. The lowest BCUT2D eigenvalue weighted by Gasteiger charge is -2.36. The number of carboxylic acid groups (broad SMARTS) is 1. The molecule has 0 aromatic carbocycles. The average molecular weight is 183 g/mol. The van der Waals surface area contributed by atoms with Gasteiger partial charge in [-0.25, -0.2) is 0 Å². The van der Waals surface area contributed by atoms with Gasteiger partial charge in [-0.3, -0.25) is 10.1 Å². The third-order valence-electron chi connectivity index (χ3n) is 3.72. The zero-order valence-corrected chi connectivity index (χ0v) is 8.05. The topological polar surface area (TPSA) is 49.3 Å². The number of hydrogen-bond acceptors (Lipinski definition) is 2. The van der Waals surface area contributed by atoms with Gasteiger partial charge in [0.15, 0.2) is 0 Å². The van der Waals surface area contributed by atoms with Gasteiger partial charge in [0, 0.05) is 5.54 Å². The van der Waals surface area contributed by atoms with Gasteiger partial charge in [-0.2, -0.15) is 0 Å². The zero-order chi connectivity index (χ0) is 9.47. The minimum Gasteiger partial charge on any atom is -0.480 e. The summed E-state index contributed by atoms with van der Waals surface area (Å²) >= 11 is 0. The lowest BCUT2D eigenvalue weighted by atomic mass is 9.75. The minimum absolute atomic E-state index is 0.112. The highest BCUT2D eigenvalue weighted by Crippen LogP contribution is 2.41. The van der Waals surface area contributed by atoms with Crippen LogP contribution < -0.4 is 5.32 Å². The Kier molecular flexibility index (Phi) is 2.06. The SMILES string of the molecule is C[C@]12CCCCC1CC(C(=O)O)N2. The van der Waals surface area contributed by atoms with Crippen LogP contribution in [0, 0.1) is 5.92 Å². The fourth-order valence-corrected chi connectivity index (χ4v) is 2.88. The van der Waals surface area contributed by atoms with Crippen molar-refractivity contribution in [3.8, 4) is 0 Å². The Morgan fingerprint density at radius 1 is 1.54 bits per heavy atom. The molecule has 0 aromatic heterocycles. The van der Waals surface area contributed by atoms with E-state index in [0.29, 0.717) is 5.92 Å². The van der Waals surface area contributed by atoms with E-state index in [0.717, 1.165) is 12.8 Å². The molecule has 2 rings (SSSR count). The number of carboxylic acids is 1. The molecule has 0 amide bonds. The molecule has 3 heteroatoms. The molecule has 0 bridgehead atoms. The third kappa shape index (κ3) is 1.46. The molecule has 0 radical (unpaired) electrons. The van der Waals surface area contributed by atoms with Crippen LogP contribution in [0.2, 0.25) is 0 Å². The highest BCUT2D eigenvalue weighted by atomic mass is 16.4. The molecule has 13 heavy (non-hydrogen) atoms. The Morgan fingerprint density at radius 2 is 2.31 bits per heavy atom. The van der Waals surface area contributed by atoms with Crippen molar-refractivity contribution in [1.29, 1.82) is 0 Å². The fraction of sp³-hybridized carbons (Fsp3) is 0.900. The van der Waals surface area contributed by atoms with E-state index < -0.39 is 5.97 Å². The van der Waals surface area contributed by atoms with Crippen LogP contribution in [0.25, 0.3) is 0 Å². The van der Waals surface area contributed by atoms with Crippen molar-refractivity contribution in [2.24, 2.45) is 5.92 Å². The van der Waals surface area contributed by atoms with Crippen molar-refractivity contribution >= 4 is 5.97 Å². The van der Waals surface area contributed by atoms with E-state index in [1.807, 2.05) is 0 Å². The first-order valence-electron chi connectivity index (χ1n) is 5.12. The van der Waals surface area contributed by atoms with Crippen LogP contribution in [0.3, 0.4) is 0 Å². The van der Waals surface area contributed by atoms with Crippen molar-refractivity contribution in [3.63, 3.8) is 0 Å². The summed E-state index contributed by atoms with van der Waals surface area (Å²) in [6.45, 7) is 2.18. The molecular formula is C10H17NO2. The van der Waals surface area contributed by atoms with Crippen LogP contribution in [-0.4, -0.2) is 22.7 Å². The van der Waals surface area contributed by atoms with Gasteiger partial charge >= 0.3 is 5.97 Å². The van der Waals surface area contributed by atoms with Crippen LogP contribution >= 0.6 is 0 Å². The van der Waals surface area contributed by atoms with Gasteiger partial charge in [-0.05, 0) is 32.1 Å². The maximum Gasteiger partial charge on any atom is 0.320 e. The first kappa shape index (κ1) is 9.00. The van der Waals surface area contributed by atoms with Gasteiger partial charge in [0.2, 0.25) is 0 Å². The molecule has 2 N–H and O–H groups in total. The normalized spacial score (nSPS) is 44.4. The number of rotatable bonds is 1. The molecule has 1 saturated heterocycles. The second kappa shape index (κ2) is 2.98. The quantitative estimate of drug-likeness (QED) is 0.645. The molecule has 2 fully saturated rings. The van der Waals surface area contributed by atoms with E-state index in [9.17, 15) is 4.79 Å². The number of hydrogen-bond donors (Lipinski definition) is 2. The van der Waals surface area contributed by atoms with Crippen LogP contribution in [0.5, 0.6) is 0 Å². The van der Waals surface area contributed by atoms with Gasteiger partial charge in [0.05, 0.1) is 0 Å². The summed E-state index contributed by atoms with van der Waals surface area (Å²) in [5, 5.41) is 12.2. The smallest absolute Gasteiger partial charge is 0.320 e. The Hall–Kier alpha value is -0.570. The lowest BCUT2D eigenvalue weighted by Crippen LogP contribution is -2.47. The molecule has 0 spiro atoms. The van der Waals surface area contributed by atoms with Gasteiger partial charge in [0.1, 0.15) is 6.04 Å². The largest absolute Gasteiger partial charge is 0.480 e.